The van der Waals surface area contributed by atoms with Crippen molar-refractivity contribution in [3.8, 4) is 0 Å². The van der Waals surface area contributed by atoms with Crippen molar-refractivity contribution in [1.29, 1.82) is 0 Å². The van der Waals surface area contributed by atoms with Crippen LogP contribution >= 0.6 is 0 Å². The lowest BCUT2D eigenvalue weighted by Gasteiger charge is -2.09. The summed E-state index contributed by atoms with van der Waals surface area (Å²) in [4.78, 5) is 22.5. The fourth-order valence-corrected chi connectivity index (χ4v) is 1.97. The summed E-state index contributed by atoms with van der Waals surface area (Å²) in [5, 5.41) is 13.5. The van der Waals surface area contributed by atoms with Crippen molar-refractivity contribution in [2.45, 2.75) is 13.5 Å². The van der Waals surface area contributed by atoms with Gasteiger partial charge >= 0.3 is 0 Å². The molecule has 6 heteroatoms. The van der Waals surface area contributed by atoms with Crippen molar-refractivity contribution in [1.82, 2.24) is 0 Å². The molecule has 0 aliphatic carbocycles. The number of nitrogens with zero attached hydrogens (tertiary/aromatic N) is 1. The van der Waals surface area contributed by atoms with Gasteiger partial charge in [0.2, 0.25) is 0 Å². The van der Waals surface area contributed by atoms with Crippen LogP contribution < -0.4 is 5.32 Å². The van der Waals surface area contributed by atoms with Crippen LogP contribution in [-0.2, 0) is 11.3 Å². The minimum Gasteiger partial charge on any atom is -0.380 e. The molecule has 0 aliphatic rings. The fourth-order valence-electron chi connectivity index (χ4n) is 1.97. The highest BCUT2D eigenvalue weighted by Crippen LogP contribution is 2.22. The number of rotatable bonds is 5. The summed E-state index contributed by atoms with van der Waals surface area (Å²) in [6, 6.07) is 11.4. The number of nitro benzene ring substituents is 1. The van der Waals surface area contributed by atoms with Crippen LogP contribution in [0.2, 0.25) is 0 Å². The molecule has 6 nitrogen and oxygen atoms in total. The molecule has 0 unspecified atom stereocenters. The molecule has 0 fully saturated rings. The number of carbonyl (C=O) groups is 1. The molecule has 0 radical (unpaired) electrons. The first-order valence-corrected chi connectivity index (χ1v) is 6.65. The van der Waals surface area contributed by atoms with Crippen LogP contribution in [0, 0.1) is 17.0 Å². The third kappa shape index (κ3) is 3.67. The lowest BCUT2D eigenvalue weighted by atomic mass is 10.1. The number of nitrogens with one attached hydrogen (secondary N) is 1. The maximum Gasteiger partial charge on any atom is 0.271 e. The van der Waals surface area contributed by atoms with E-state index < -0.39 is 4.92 Å². The second-order valence-corrected chi connectivity index (χ2v) is 4.84. The molecule has 0 atom stereocenters. The van der Waals surface area contributed by atoms with E-state index in [1.165, 1.54) is 12.1 Å². The standard InChI is InChI=1S/C16H16N2O4/c1-11-3-8-14(18(20)21)9-15(11)17-16(19)13-6-4-12(5-7-13)10-22-2/h3-9H,10H2,1-2H3,(H,17,19). The molecule has 2 aromatic rings. The number of nitro groups is 1. The SMILES string of the molecule is COCc1ccc(C(=O)Nc2cc([N+](=O)[O-])ccc2C)cc1. The Morgan fingerprint density at radius 1 is 1.23 bits per heavy atom. The van der Waals surface area contributed by atoms with Crippen LogP contribution in [-0.4, -0.2) is 17.9 Å². The van der Waals surface area contributed by atoms with E-state index in [0.29, 0.717) is 17.9 Å². The summed E-state index contributed by atoms with van der Waals surface area (Å²) in [5.74, 6) is -0.312. The van der Waals surface area contributed by atoms with Crippen molar-refractivity contribution < 1.29 is 14.5 Å². The predicted octanol–water partition coefficient (Wildman–Crippen LogP) is 3.30. The Morgan fingerprint density at radius 3 is 2.50 bits per heavy atom. The van der Waals surface area contributed by atoms with Crippen LogP contribution in [0.4, 0.5) is 11.4 Å². The first kappa shape index (κ1) is 15.7. The molecule has 0 spiro atoms. The number of carbonyl (C=O) groups excluding carboxylic acids is 1. The largest absolute Gasteiger partial charge is 0.380 e. The highest BCUT2D eigenvalue weighted by atomic mass is 16.6. The first-order chi connectivity index (χ1) is 10.5. The normalized spacial score (nSPS) is 10.3. The van der Waals surface area contributed by atoms with E-state index in [9.17, 15) is 14.9 Å². The Bertz CT molecular complexity index is 696. The Morgan fingerprint density at radius 2 is 1.91 bits per heavy atom. The average Bonchev–Trinajstić information content (AvgIpc) is 2.50. The molecule has 2 rings (SSSR count). The number of amides is 1. The summed E-state index contributed by atoms with van der Waals surface area (Å²) in [7, 11) is 1.60. The number of methoxy groups -OCH3 is 1. The van der Waals surface area contributed by atoms with Gasteiger partial charge in [0.15, 0.2) is 0 Å². The smallest absolute Gasteiger partial charge is 0.271 e. The van der Waals surface area contributed by atoms with Gasteiger partial charge in [-0.2, -0.15) is 0 Å². The molecule has 0 aliphatic heterocycles. The molecule has 0 aromatic heterocycles. The fraction of sp³-hybridized carbons (Fsp3) is 0.188. The lowest BCUT2D eigenvalue weighted by molar-refractivity contribution is -0.384. The van der Waals surface area contributed by atoms with Gasteiger partial charge in [-0.1, -0.05) is 18.2 Å². The van der Waals surface area contributed by atoms with Crippen LogP contribution in [0.3, 0.4) is 0 Å². The van der Waals surface area contributed by atoms with Crippen molar-refractivity contribution in [3.63, 3.8) is 0 Å². The predicted molar refractivity (Wildman–Crippen MR) is 82.9 cm³/mol. The van der Waals surface area contributed by atoms with E-state index in [-0.39, 0.29) is 11.6 Å². The third-order valence-electron chi connectivity index (χ3n) is 3.21. The highest BCUT2D eigenvalue weighted by Gasteiger charge is 2.12. The maximum absolute atomic E-state index is 12.2. The second-order valence-electron chi connectivity index (χ2n) is 4.84. The number of ether oxygens (including phenoxy) is 1. The van der Waals surface area contributed by atoms with E-state index >= 15 is 0 Å². The van der Waals surface area contributed by atoms with E-state index in [1.807, 2.05) is 0 Å². The molecule has 0 saturated carbocycles. The molecule has 0 heterocycles. The molecular weight excluding hydrogens is 284 g/mol. The zero-order valence-electron chi connectivity index (χ0n) is 12.3. The number of benzene rings is 2. The van der Waals surface area contributed by atoms with E-state index in [4.69, 9.17) is 4.74 Å². The lowest BCUT2D eigenvalue weighted by Crippen LogP contribution is -2.13. The van der Waals surface area contributed by atoms with Crippen LogP contribution in [0.1, 0.15) is 21.5 Å². The molecule has 1 N–H and O–H groups in total. The monoisotopic (exact) mass is 300 g/mol. The van der Waals surface area contributed by atoms with Gasteiger partial charge < -0.3 is 10.1 Å². The topological polar surface area (TPSA) is 81.5 Å². The van der Waals surface area contributed by atoms with Gasteiger partial charge in [0.05, 0.1) is 17.2 Å². The van der Waals surface area contributed by atoms with E-state index in [2.05, 4.69) is 5.32 Å². The zero-order valence-corrected chi connectivity index (χ0v) is 12.3. The molecule has 114 valence electrons. The first-order valence-electron chi connectivity index (χ1n) is 6.65. The van der Waals surface area contributed by atoms with Crippen LogP contribution in [0.5, 0.6) is 0 Å². The minimum absolute atomic E-state index is 0.0589. The van der Waals surface area contributed by atoms with Gasteiger partial charge in [0, 0.05) is 24.8 Å². The molecule has 2 aromatic carbocycles. The molecular formula is C16H16N2O4. The number of non-ortho nitro benzene ring substituents is 1. The van der Waals surface area contributed by atoms with Gasteiger partial charge in [0.25, 0.3) is 11.6 Å². The summed E-state index contributed by atoms with van der Waals surface area (Å²) in [6.07, 6.45) is 0. The van der Waals surface area contributed by atoms with Gasteiger partial charge in [0.1, 0.15) is 0 Å². The molecule has 0 bridgehead atoms. The van der Waals surface area contributed by atoms with Crippen molar-refractivity contribution >= 4 is 17.3 Å². The Labute approximate surface area is 127 Å². The summed E-state index contributed by atoms with van der Waals surface area (Å²) in [5.41, 5.74) is 2.57. The van der Waals surface area contributed by atoms with Gasteiger partial charge in [-0.05, 0) is 30.2 Å². The Hall–Kier alpha value is -2.73. The maximum atomic E-state index is 12.2. The highest BCUT2D eigenvalue weighted by molar-refractivity contribution is 6.04. The van der Waals surface area contributed by atoms with Gasteiger partial charge in [-0.25, -0.2) is 0 Å². The average molecular weight is 300 g/mol. The van der Waals surface area contributed by atoms with Gasteiger partial charge in [-0.15, -0.1) is 0 Å². The van der Waals surface area contributed by atoms with E-state index in [1.54, 1.807) is 44.4 Å². The zero-order chi connectivity index (χ0) is 16.1. The van der Waals surface area contributed by atoms with Crippen LogP contribution in [0.15, 0.2) is 42.5 Å². The molecule has 0 saturated heterocycles. The van der Waals surface area contributed by atoms with E-state index in [0.717, 1.165) is 11.1 Å². The van der Waals surface area contributed by atoms with Gasteiger partial charge in [-0.3, -0.25) is 14.9 Å². The molecule has 1 amide bonds. The number of anilines is 1. The number of hydrogen-bond acceptors (Lipinski definition) is 4. The second kappa shape index (κ2) is 6.82. The Balaban J connectivity index is 2.17. The van der Waals surface area contributed by atoms with Crippen molar-refractivity contribution in [2.24, 2.45) is 0 Å². The van der Waals surface area contributed by atoms with Crippen molar-refractivity contribution in [2.75, 3.05) is 12.4 Å². The number of aryl methyl sites for hydroxylation is 1. The summed E-state index contributed by atoms with van der Waals surface area (Å²) >= 11 is 0. The molecule has 22 heavy (non-hydrogen) atoms. The van der Waals surface area contributed by atoms with Crippen LogP contribution in [0.25, 0.3) is 0 Å². The third-order valence-corrected chi connectivity index (χ3v) is 3.21. The van der Waals surface area contributed by atoms with Crippen molar-refractivity contribution in [3.05, 3.63) is 69.3 Å². The number of hydrogen-bond donors (Lipinski definition) is 1. The minimum atomic E-state index is -0.491. The summed E-state index contributed by atoms with van der Waals surface area (Å²) < 4.78 is 5.01. The summed E-state index contributed by atoms with van der Waals surface area (Å²) in [6.45, 7) is 2.26. The Kier molecular flexibility index (Phi) is 4.85. The quantitative estimate of drug-likeness (QED) is 0.678.